The van der Waals surface area contributed by atoms with Crippen molar-refractivity contribution in [2.24, 2.45) is 7.05 Å². The summed E-state index contributed by atoms with van der Waals surface area (Å²) in [6.45, 7) is 0. The van der Waals surface area contributed by atoms with Crippen molar-refractivity contribution in [1.29, 1.82) is 0 Å². The normalized spacial score (nSPS) is 12.0. The molecule has 3 rings (SSSR count). The van der Waals surface area contributed by atoms with Gasteiger partial charge < -0.3 is 9.88 Å². The highest BCUT2D eigenvalue weighted by Crippen LogP contribution is 2.22. The Balaban J connectivity index is 1.95. The molecule has 0 saturated carbocycles. The Bertz CT molecular complexity index is 861. The van der Waals surface area contributed by atoms with Crippen molar-refractivity contribution in [2.75, 3.05) is 0 Å². The number of hydrogen-bond donors (Lipinski definition) is 1. The molecular formula is C18H15ClFN3O. The second-order valence-electron chi connectivity index (χ2n) is 5.36. The quantitative estimate of drug-likeness (QED) is 0.784. The molecule has 1 atom stereocenters. The van der Waals surface area contributed by atoms with Gasteiger partial charge in [0.05, 0.1) is 0 Å². The van der Waals surface area contributed by atoms with Crippen LogP contribution in [0.15, 0.2) is 60.9 Å². The second kappa shape index (κ2) is 6.84. The zero-order chi connectivity index (χ0) is 17.1. The fraction of sp³-hybridized carbons (Fsp3) is 0.111. The number of nitrogens with zero attached hydrogens (tertiary/aromatic N) is 2. The topological polar surface area (TPSA) is 46.9 Å². The summed E-state index contributed by atoms with van der Waals surface area (Å²) in [4.78, 5) is 16.9. The SMILES string of the molecule is Cn1ccnc1C(NC(=O)c1cccc(Cl)c1)c1ccc(F)cc1. The van der Waals surface area contributed by atoms with Gasteiger partial charge in [-0.15, -0.1) is 0 Å². The largest absolute Gasteiger partial charge is 0.338 e. The van der Waals surface area contributed by atoms with Gasteiger partial charge >= 0.3 is 0 Å². The van der Waals surface area contributed by atoms with Crippen molar-refractivity contribution in [2.45, 2.75) is 6.04 Å². The number of carbonyl (C=O) groups excluding carboxylic acids is 1. The molecule has 4 nitrogen and oxygen atoms in total. The molecule has 1 heterocycles. The van der Waals surface area contributed by atoms with E-state index in [0.29, 0.717) is 16.4 Å². The van der Waals surface area contributed by atoms with Crippen LogP contribution in [-0.2, 0) is 7.05 Å². The maximum absolute atomic E-state index is 13.2. The summed E-state index contributed by atoms with van der Waals surface area (Å²) in [5.74, 6) is 0.0327. The van der Waals surface area contributed by atoms with E-state index in [1.165, 1.54) is 12.1 Å². The first-order valence-corrected chi connectivity index (χ1v) is 7.71. The molecule has 0 spiro atoms. The lowest BCUT2D eigenvalue weighted by Gasteiger charge is -2.19. The van der Waals surface area contributed by atoms with Crippen LogP contribution in [-0.4, -0.2) is 15.5 Å². The lowest BCUT2D eigenvalue weighted by Crippen LogP contribution is -2.31. The van der Waals surface area contributed by atoms with Crippen molar-refractivity contribution in [3.63, 3.8) is 0 Å². The van der Waals surface area contributed by atoms with E-state index in [1.54, 1.807) is 48.8 Å². The van der Waals surface area contributed by atoms with E-state index >= 15 is 0 Å². The van der Waals surface area contributed by atoms with Gasteiger partial charge in [0.2, 0.25) is 0 Å². The average Bonchev–Trinajstić information content (AvgIpc) is 2.99. The summed E-state index contributed by atoms with van der Waals surface area (Å²) in [6.07, 6.45) is 3.44. The number of aryl methyl sites for hydroxylation is 1. The number of rotatable bonds is 4. The standard InChI is InChI=1S/C18H15ClFN3O/c1-23-10-9-21-17(23)16(12-5-7-15(20)8-6-12)22-18(24)13-3-2-4-14(19)11-13/h2-11,16H,1H3,(H,22,24). The smallest absolute Gasteiger partial charge is 0.252 e. The lowest BCUT2D eigenvalue weighted by molar-refractivity contribution is 0.0941. The van der Waals surface area contributed by atoms with Crippen molar-refractivity contribution in [1.82, 2.24) is 14.9 Å². The predicted octanol–water partition coefficient (Wildman–Crippen LogP) is 3.73. The van der Waals surface area contributed by atoms with E-state index in [4.69, 9.17) is 11.6 Å². The molecule has 24 heavy (non-hydrogen) atoms. The molecule has 0 aliphatic carbocycles. The summed E-state index contributed by atoms with van der Waals surface area (Å²) in [5, 5.41) is 3.42. The van der Waals surface area contributed by atoms with E-state index in [0.717, 1.165) is 5.56 Å². The summed E-state index contributed by atoms with van der Waals surface area (Å²) in [6, 6.07) is 12.2. The first kappa shape index (κ1) is 16.2. The number of aromatic nitrogens is 2. The third-order valence-corrected chi connectivity index (χ3v) is 3.92. The van der Waals surface area contributed by atoms with Gasteiger partial charge in [-0.2, -0.15) is 0 Å². The highest BCUT2D eigenvalue weighted by atomic mass is 35.5. The van der Waals surface area contributed by atoms with Gasteiger partial charge in [-0.1, -0.05) is 29.8 Å². The van der Waals surface area contributed by atoms with Gasteiger partial charge in [0.1, 0.15) is 17.7 Å². The zero-order valence-corrected chi connectivity index (χ0v) is 13.7. The minimum absolute atomic E-state index is 0.283. The number of benzene rings is 2. The Morgan fingerprint density at radius 2 is 2.00 bits per heavy atom. The molecule has 6 heteroatoms. The number of nitrogens with one attached hydrogen (secondary N) is 1. The van der Waals surface area contributed by atoms with Gasteiger partial charge in [-0.3, -0.25) is 4.79 Å². The second-order valence-corrected chi connectivity index (χ2v) is 5.80. The summed E-state index contributed by atoms with van der Waals surface area (Å²) >= 11 is 5.95. The molecule has 1 N–H and O–H groups in total. The van der Waals surface area contributed by atoms with Gasteiger partial charge in [-0.25, -0.2) is 9.37 Å². The number of imidazole rings is 1. The Morgan fingerprint density at radius 1 is 1.25 bits per heavy atom. The highest BCUT2D eigenvalue weighted by molar-refractivity contribution is 6.30. The molecule has 1 amide bonds. The van der Waals surface area contributed by atoms with Crippen LogP contribution < -0.4 is 5.32 Å². The molecule has 1 unspecified atom stereocenters. The third kappa shape index (κ3) is 3.46. The van der Waals surface area contributed by atoms with Crippen LogP contribution in [0.25, 0.3) is 0 Å². The van der Waals surface area contributed by atoms with E-state index in [9.17, 15) is 9.18 Å². The zero-order valence-electron chi connectivity index (χ0n) is 12.9. The molecule has 0 radical (unpaired) electrons. The minimum Gasteiger partial charge on any atom is -0.338 e. The highest BCUT2D eigenvalue weighted by Gasteiger charge is 2.21. The average molecular weight is 344 g/mol. The van der Waals surface area contributed by atoms with E-state index in [1.807, 2.05) is 11.6 Å². The van der Waals surface area contributed by atoms with E-state index < -0.39 is 6.04 Å². The molecule has 0 bridgehead atoms. The fourth-order valence-corrected chi connectivity index (χ4v) is 2.64. The van der Waals surface area contributed by atoms with E-state index in [2.05, 4.69) is 10.3 Å². The molecular weight excluding hydrogens is 329 g/mol. The maximum atomic E-state index is 13.2. The van der Waals surface area contributed by atoms with Crippen LogP contribution in [0.3, 0.4) is 0 Å². The van der Waals surface area contributed by atoms with Crippen LogP contribution >= 0.6 is 11.6 Å². The molecule has 2 aromatic carbocycles. The molecule has 0 fully saturated rings. The van der Waals surface area contributed by atoms with Crippen LogP contribution in [0.5, 0.6) is 0 Å². The Kier molecular flexibility index (Phi) is 4.62. The maximum Gasteiger partial charge on any atom is 0.252 e. The predicted molar refractivity (Wildman–Crippen MR) is 90.4 cm³/mol. The number of amides is 1. The first-order valence-electron chi connectivity index (χ1n) is 7.34. The van der Waals surface area contributed by atoms with Gasteiger partial charge in [-0.05, 0) is 35.9 Å². The van der Waals surface area contributed by atoms with Gasteiger partial charge in [0.25, 0.3) is 5.91 Å². The molecule has 122 valence electrons. The Labute approximate surface area is 143 Å². The van der Waals surface area contributed by atoms with Crippen molar-refractivity contribution >= 4 is 17.5 Å². The van der Waals surface area contributed by atoms with Crippen LogP contribution in [0, 0.1) is 5.82 Å². The van der Waals surface area contributed by atoms with Crippen molar-refractivity contribution < 1.29 is 9.18 Å². The number of carbonyl (C=O) groups is 1. The molecule has 3 aromatic rings. The van der Waals surface area contributed by atoms with Gasteiger partial charge in [0, 0.05) is 30.0 Å². The van der Waals surface area contributed by atoms with Crippen LogP contribution in [0.4, 0.5) is 4.39 Å². The number of halogens is 2. The fourth-order valence-electron chi connectivity index (χ4n) is 2.45. The van der Waals surface area contributed by atoms with Gasteiger partial charge in [0.15, 0.2) is 0 Å². The summed E-state index contributed by atoms with van der Waals surface area (Å²) in [7, 11) is 1.84. The molecule has 0 aliphatic heterocycles. The minimum atomic E-state index is -0.503. The Morgan fingerprint density at radius 3 is 2.62 bits per heavy atom. The first-order chi connectivity index (χ1) is 11.5. The monoisotopic (exact) mass is 343 g/mol. The molecule has 1 aromatic heterocycles. The van der Waals surface area contributed by atoms with Crippen LogP contribution in [0.1, 0.15) is 27.8 Å². The van der Waals surface area contributed by atoms with Crippen LogP contribution in [0.2, 0.25) is 5.02 Å². The lowest BCUT2D eigenvalue weighted by atomic mass is 10.1. The van der Waals surface area contributed by atoms with Crippen molar-refractivity contribution in [3.05, 3.63) is 88.7 Å². The Hall–Kier alpha value is -2.66. The van der Waals surface area contributed by atoms with Crippen molar-refractivity contribution in [3.8, 4) is 0 Å². The summed E-state index contributed by atoms with van der Waals surface area (Å²) < 4.78 is 15.0. The van der Waals surface area contributed by atoms with E-state index in [-0.39, 0.29) is 11.7 Å². The molecule has 0 saturated heterocycles. The number of hydrogen-bond acceptors (Lipinski definition) is 2. The summed E-state index contributed by atoms with van der Waals surface area (Å²) in [5.41, 5.74) is 1.19. The molecule has 0 aliphatic rings. The third-order valence-electron chi connectivity index (χ3n) is 3.68.